The maximum absolute atomic E-state index is 11.6. The summed E-state index contributed by atoms with van der Waals surface area (Å²) in [5.41, 5.74) is 4.94. The lowest BCUT2D eigenvalue weighted by Gasteiger charge is -2.26. The smallest absolute Gasteiger partial charge is 0.231 e. The molecule has 0 radical (unpaired) electrons. The predicted molar refractivity (Wildman–Crippen MR) is 54.1 cm³/mol. The van der Waals surface area contributed by atoms with Gasteiger partial charge in [0.1, 0.15) is 0 Å². The minimum atomic E-state index is -0.408. The maximum Gasteiger partial charge on any atom is 0.231 e. The number of nitrogens with one attached hydrogen (secondary N) is 1. The summed E-state index contributed by atoms with van der Waals surface area (Å²) in [6.45, 7) is 3.15. The van der Waals surface area contributed by atoms with Crippen molar-refractivity contribution in [2.75, 3.05) is 39.4 Å². The van der Waals surface area contributed by atoms with Crippen molar-refractivity contribution in [1.82, 2.24) is 10.2 Å². The molecule has 86 valence electrons. The summed E-state index contributed by atoms with van der Waals surface area (Å²) >= 11 is 0. The van der Waals surface area contributed by atoms with Crippen LogP contribution in [0.5, 0.6) is 0 Å². The van der Waals surface area contributed by atoms with Crippen molar-refractivity contribution in [3.63, 3.8) is 0 Å². The molecule has 2 amide bonds. The molecule has 0 aliphatic carbocycles. The number of hydrogen-bond acceptors (Lipinski definition) is 4. The Morgan fingerprint density at radius 2 is 2.00 bits per heavy atom. The zero-order valence-electron chi connectivity index (χ0n) is 8.70. The SMILES string of the molecule is NC(=O)CNCCC(=O)N1CCOCC1. The van der Waals surface area contributed by atoms with Gasteiger partial charge in [0.25, 0.3) is 0 Å². The summed E-state index contributed by atoms with van der Waals surface area (Å²) in [6, 6.07) is 0. The third kappa shape index (κ3) is 4.75. The molecule has 6 heteroatoms. The molecule has 0 bridgehead atoms. The minimum absolute atomic E-state index is 0.0928. The summed E-state index contributed by atoms with van der Waals surface area (Å²) in [7, 11) is 0. The summed E-state index contributed by atoms with van der Waals surface area (Å²) < 4.78 is 5.14. The highest BCUT2D eigenvalue weighted by molar-refractivity contribution is 5.77. The Labute approximate surface area is 88.7 Å². The van der Waals surface area contributed by atoms with E-state index in [0.29, 0.717) is 39.3 Å². The van der Waals surface area contributed by atoms with Crippen LogP contribution in [0.2, 0.25) is 0 Å². The molecule has 0 aromatic rings. The summed E-state index contributed by atoms with van der Waals surface area (Å²) in [5, 5.41) is 2.80. The largest absolute Gasteiger partial charge is 0.378 e. The van der Waals surface area contributed by atoms with Crippen LogP contribution in [-0.2, 0) is 14.3 Å². The van der Waals surface area contributed by atoms with Gasteiger partial charge in [0.2, 0.25) is 11.8 Å². The molecule has 1 aliphatic rings. The van der Waals surface area contributed by atoms with E-state index >= 15 is 0 Å². The first-order valence-electron chi connectivity index (χ1n) is 5.04. The number of rotatable bonds is 5. The van der Waals surface area contributed by atoms with Gasteiger partial charge < -0.3 is 20.7 Å². The van der Waals surface area contributed by atoms with Crippen LogP contribution in [0.4, 0.5) is 0 Å². The maximum atomic E-state index is 11.6. The van der Waals surface area contributed by atoms with Gasteiger partial charge in [0.15, 0.2) is 0 Å². The number of nitrogens with two attached hydrogens (primary N) is 1. The molecule has 1 fully saturated rings. The Bertz CT molecular complexity index is 227. The van der Waals surface area contributed by atoms with Gasteiger partial charge in [-0.3, -0.25) is 9.59 Å². The van der Waals surface area contributed by atoms with Gasteiger partial charge in [-0.1, -0.05) is 0 Å². The summed E-state index contributed by atoms with van der Waals surface area (Å²) in [5.74, 6) is -0.316. The normalized spacial score (nSPS) is 16.4. The molecule has 3 N–H and O–H groups in total. The van der Waals surface area contributed by atoms with Gasteiger partial charge in [-0.05, 0) is 0 Å². The van der Waals surface area contributed by atoms with Gasteiger partial charge >= 0.3 is 0 Å². The monoisotopic (exact) mass is 215 g/mol. The fourth-order valence-electron chi connectivity index (χ4n) is 1.38. The molecule has 0 spiro atoms. The zero-order chi connectivity index (χ0) is 11.1. The number of morpholine rings is 1. The topological polar surface area (TPSA) is 84.7 Å². The number of amides is 2. The second-order valence-corrected chi connectivity index (χ2v) is 3.39. The van der Waals surface area contributed by atoms with E-state index in [1.54, 1.807) is 4.90 Å². The van der Waals surface area contributed by atoms with E-state index in [4.69, 9.17) is 10.5 Å². The second-order valence-electron chi connectivity index (χ2n) is 3.39. The van der Waals surface area contributed by atoms with Crippen molar-refractivity contribution < 1.29 is 14.3 Å². The van der Waals surface area contributed by atoms with Crippen molar-refractivity contribution in [1.29, 1.82) is 0 Å². The lowest BCUT2D eigenvalue weighted by atomic mass is 10.3. The summed E-state index contributed by atoms with van der Waals surface area (Å²) in [6.07, 6.45) is 0.396. The Balaban J connectivity index is 2.09. The van der Waals surface area contributed by atoms with Crippen LogP contribution >= 0.6 is 0 Å². The number of nitrogens with zero attached hydrogens (tertiary/aromatic N) is 1. The van der Waals surface area contributed by atoms with Gasteiger partial charge in [0, 0.05) is 26.1 Å². The van der Waals surface area contributed by atoms with Crippen molar-refractivity contribution in [2.24, 2.45) is 5.73 Å². The molecule has 1 rings (SSSR count). The third-order valence-corrected chi connectivity index (χ3v) is 2.18. The number of carbonyl (C=O) groups is 2. The van der Waals surface area contributed by atoms with Gasteiger partial charge in [-0.2, -0.15) is 0 Å². The van der Waals surface area contributed by atoms with E-state index in [2.05, 4.69) is 5.32 Å². The van der Waals surface area contributed by atoms with Crippen LogP contribution in [0.25, 0.3) is 0 Å². The summed E-state index contributed by atoms with van der Waals surface area (Å²) in [4.78, 5) is 23.7. The highest BCUT2D eigenvalue weighted by Crippen LogP contribution is 1.99. The third-order valence-electron chi connectivity index (χ3n) is 2.18. The van der Waals surface area contributed by atoms with Crippen LogP contribution < -0.4 is 11.1 Å². The molecule has 0 aromatic heterocycles. The van der Waals surface area contributed by atoms with Crippen LogP contribution in [0, 0.1) is 0 Å². The molecule has 0 atom stereocenters. The number of primary amides is 1. The molecule has 6 nitrogen and oxygen atoms in total. The van der Waals surface area contributed by atoms with Crippen LogP contribution in [0.15, 0.2) is 0 Å². The van der Waals surface area contributed by atoms with E-state index in [-0.39, 0.29) is 12.5 Å². The Morgan fingerprint density at radius 1 is 1.33 bits per heavy atom. The van der Waals surface area contributed by atoms with Gasteiger partial charge in [0.05, 0.1) is 19.8 Å². The molecule has 1 saturated heterocycles. The van der Waals surface area contributed by atoms with E-state index in [9.17, 15) is 9.59 Å². The number of ether oxygens (including phenoxy) is 1. The lowest BCUT2D eigenvalue weighted by Crippen LogP contribution is -2.42. The Hall–Kier alpha value is -1.14. The number of carbonyl (C=O) groups excluding carboxylic acids is 2. The zero-order valence-corrected chi connectivity index (χ0v) is 8.70. The second kappa shape index (κ2) is 6.36. The Morgan fingerprint density at radius 3 is 2.60 bits per heavy atom. The molecule has 15 heavy (non-hydrogen) atoms. The highest BCUT2D eigenvalue weighted by Gasteiger charge is 2.15. The van der Waals surface area contributed by atoms with E-state index in [0.717, 1.165) is 0 Å². The average Bonchev–Trinajstić information content (AvgIpc) is 2.25. The van der Waals surface area contributed by atoms with Crippen molar-refractivity contribution >= 4 is 11.8 Å². The van der Waals surface area contributed by atoms with Crippen LogP contribution in [0.1, 0.15) is 6.42 Å². The van der Waals surface area contributed by atoms with Crippen molar-refractivity contribution in [3.05, 3.63) is 0 Å². The van der Waals surface area contributed by atoms with Gasteiger partial charge in [-0.15, -0.1) is 0 Å². The molecule has 1 aliphatic heterocycles. The molecule has 1 heterocycles. The predicted octanol–water partition coefficient (Wildman–Crippen LogP) is -1.69. The molecule has 0 saturated carbocycles. The van der Waals surface area contributed by atoms with Crippen LogP contribution in [0.3, 0.4) is 0 Å². The van der Waals surface area contributed by atoms with Crippen molar-refractivity contribution in [3.8, 4) is 0 Å². The fraction of sp³-hybridized carbons (Fsp3) is 0.778. The van der Waals surface area contributed by atoms with E-state index in [1.165, 1.54) is 0 Å². The van der Waals surface area contributed by atoms with Crippen molar-refractivity contribution in [2.45, 2.75) is 6.42 Å². The standard InChI is InChI=1S/C9H17N3O3/c10-8(13)7-11-2-1-9(14)12-3-5-15-6-4-12/h11H,1-7H2,(H2,10,13). The van der Waals surface area contributed by atoms with Gasteiger partial charge in [-0.25, -0.2) is 0 Å². The Kier molecular flexibility index (Phi) is 5.06. The first kappa shape index (κ1) is 11.9. The van der Waals surface area contributed by atoms with Crippen LogP contribution in [-0.4, -0.2) is 56.1 Å². The van der Waals surface area contributed by atoms with E-state index < -0.39 is 5.91 Å². The molecule has 0 aromatic carbocycles. The minimum Gasteiger partial charge on any atom is -0.378 e. The quantitative estimate of drug-likeness (QED) is 0.536. The number of hydrogen-bond donors (Lipinski definition) is 2. The lowest BCUT2D eigenvalue weighted by molar-refractivity contribution is -0.135. The molecular formula is C9H17N3O3. The molecular weight excluding hydrogens is 198 g/mol. The first-order valence-corrected chi connectivity index (χ1v) is 5.04. The van der Waals surface area contributed by atoms with E-state index in [1.807, 2.05) is 0 Å². The average molecular weight is 215 g/mol. The molecule has 0 unspecified atom stereocenters. The fourth-order valence-corrected chi connectivity index (χ4v) is 1.38. The first-order chi connectivity index (χ1) is 7.20. The highest BCUT2D eigenvalue weighted by atomic mass is 16.5.